The minimum Gasteiger partial charge on any atom is -0.366 e. The number of hydrogen-bond acceptors (Lipinski definition) is 4. The minimum atomic E-state index is -1.73. The molecule has 0 saturated heterocycles. The molecule has 1 aliphatic heterocycles. The molecular formula is C20H35NO4Rh2. The Bertz CT molecular complexity index is 487. The van der Waals surface area contributed by atoms with E-state index in [1.807, 2.05) is 13.8 Å². The van der Waals surface area contributed by atoms with Gasteiger partial charge in [-0.25, -0.2) is 0 Å². The molecule has 1 atom stereocenters. The molecule has 0 unspecified atom stereocenters. The second-order valence-corrected chi connectivity index (χ2v) is 5.14. The van der Waals surface area contributed by atoms with Gasteiger partial charge in [0.2, 0.25) is 0 Å². The van der Waals surface area contributed by atoms with Crippen LogP contribution >= 0.6 is 0 Å². The molecule has 0 saturated carbocycles. The Kier molecular flexibility index (Phi) is 31.7. The van der Waals surface area contributed by atoms with Crippen LogP contribution in [-0.2, 0) is 39.0 Å². The topological polar surface area (TPSA) is 77.8 Å². The summed E-state index contributed by atoms with van der Waals surface area (Å²) in [5.74, 6) is -0.783. The van der Waals surface area contributed by atoms with E-state index in [0.717, 1.165) is 4.90 Å². The first kappa shape index (κ1) is 45.3. The molecular weight excluding hydrogens is 524 g/mol. The fourth-order valence-electron chi connectivity index (χ4n) is 2.35. The largest absolute Gasteiger partial charge is 3.00 e. The van der Waals surface area contributed by atoms with Crippen molar-refractivity contribution in [2.24, 2.45) is 5.92 Å². The normalized spacial score (nSPS) is 11.6. The van der Waals surface area contributed by atoms with Gasteiger partial charge in [0.05, 0.1) is 17.2 Å². The molecule has 5 nitrogen and oxygen atoms in total. The number of nitrogens with zero attached hydrogens (tertiary/aromatic N) is 1. The molecule has 7 heteroatoms. The SMILES string of the molecule is CC(C)C[C@H](C(O)O)N1C(=O)c2ccccc2C1=O.[CH3-].[CH3-].[CH3-].[CH3-].[CH3-].[CH3-].[Rh+3].[Rh+3]. The third-order valence-electron chi connectivity index (χ3n) is 3.21. The Labute approximate surface area is 193 Å². The molecule has 0 aromatic heterocycles. The third-order valence-corrected chi connectivity index (χ3v) is 3.21. The van der Waals surface area contributed by atoms with Crippen LogP contribution in [0.3, 0.4) is 0 Å². The maximum absolute atomic E-state index is 12.2. The summed E-state index contributed by atoms with van der Waals surface area (Å²) in [5.41, 5.74) is 0.642. The zero-order chi connectivity index (χ0) is 14.2. The predicted octanol–water partition coefficient (Wildman–Crippen LogP) is 3.70. The average molecular weight is 559 g/mol. The molecule has 0 spiro atoms. The molecule has 2 amide bonds. The van der Waals surface area contributed by atoms with Gasteiger partial charge in [0.15, 0.2) is 6.29 Å². The molecule has 162 valence electrons. The summed E-state index contributed by atoms with van der Waals surface area (Å²) >= 11 is 0. The molecule has 0 fully saturated rings. The maximum Gasteiger partial charge on any atom is 3.00 e. The number of rotatable bonds is 4. The molecule has 0 radical (unpaired) electrons. The van der Waals surface area contributed by atoms with Crippen molar-refractivity contribution >= 4 is 11.8 Å². The zero-order valence-corrected chi connectivity index (χ0v) is 20.9. The number of carbonyl (C=O) groups excluding carboxylic acids is 2. The monoisotopic (exact) mass is 559 g/mol. The van der Waals surface area contributed by atoms with E-state index in [-0.39, 0.29) is 89.4 Å². The van der Waals surface area contributed by atoms with E-state index in [0.29, 0.717) is 17.5 Å². The van der Waals surface area contributed by atoms with Gasteiger partial charge in [-0.15, -0.1) is 0 Å². The van der Waals surface area contributed by atoms with Gasteiger partial charge >= 0.3 is 39.0 Å². The number of carbonyl (C=O) groups is 2. The Balaban J connectivity index is -0.0000001000. The molecule has 0 bridgehead atoms. The quantitative estimate of drug-likeness (QED) is 0.256. The van der Waals surface area contributed by atoms with E-state index >= 15 is 0 Å². The molecule has 1 heterocycles. The van der Waals surface area contributed by atoms with Crippen molar-refractivity contribution in [1.82, 2.24) is 4.90 Å². The smallest absolute Gasteiger partial charge is 0.366 e. The van der Waals surface area contributed by atoms with Crippen molar-refractivity contribution in [1.29, 1.82) is 0 Å². The maximum atomic E-state index is 12.2. The van der Waals surface area contributed by atoms with Gasteiger partial charge in [-0.3, -0.25) is 14.5 Å². The van der Waals surface area contributed by atoms with Crippen LogP contribution in [0, 0.1) is 50.5 Å². The first-order valence-corrected chi connectivity index (χ1v) is 6.26. The van der Waals surface area contributed by atoms with Crippen molar-refractivity contribution in [3.8, 4) is 0 Å². The van der Waals surface area contributed by atoms with Gasteiger partial charge in [0, 0.05) is 0 Å². The second kappa shape index (κ2) is 18.9. The van der Waals surface area contributed by atoms with Crippen LogP contribution in [0.5, 0.6) is 0 Å². The number of aliphatic hydroxyl groups excluding tert-OH is 1. The first-order chi connectivity index (χ1) is 8.93. The summed E-state index contributed by atoms with van der Waals surface area (Å²) in [4.78, 5) is 25.4. The van der Waals surface area contributed by atoms with Crippen molar-refractivity contribution in [3.05, 3.63) is 80.0 Å². The second-order valence-electron chi connectivity index (χ2n) is 5.14. The van der Waals surface area contributed by atoms with Crippen molar-refractivity contribution in [2.45, 2.75) is 32.6 Å². The number of benzene rings is 1. The van der Waals surface area contributed by atoms with Gasteiger partial charge in [0.1, 0.15) is 0 Å². The number of hydrogen-bond donors (Lipinski definition) is 2. The third kappa shape index (κ3) is 9.52. The Morgan fingerprint density at radius 1 is 0.815 bits per heavy atom. The van der Waals surface area contributed by atoms with Crippen molar-refractivity contribution in [2.75, 3.05) is 0 Å². The Morgan fingerprint density at radius 3 is 1.41 bits per heavy atom. The fraction of sp³-hybridized carbons (Fsp3) is 0.300. The van der Waals surface area contributed by atoms with Gasteiger partial charge in [0.25, 0.3) is 11.8 Å². The van der Waals surface area contributed by atoms with Crippen LogP contribution < -0.4 is 0 Å². The van der Waals surface area contributed by atoms with Crippen molar-refractivity contribution in [3.63, 3.8) is 0 Å². The number of fused-ring (bicyclic) bond motifs is 1. The summed E-state index contributed by atoms with van der Waals surface area (Å²) in [7, 11) is 0. The summed E-state index contributed by atoms with van der Waals surface area (Å²) in [6, 6.07) is 5.60. The minimum absolute atomic E-state index is 0. The van der Waals surface area contributed by atoms with Crippen LogP contribution in [0.15, 0.2) is 24.3 Å². The van der Waals surface area contributed by atoms with E-state index < -0.39 is 24.1 Å². The van der Waals surface area contributed by atoms with Crippen LogP contribution in [0.4, 0.5) is 0 Å². The Hall–Kier alpha value is -0.473. The standard InChI is InChI=1S/C14H17NO4.6CH3.2Rh/c1-8(2)7-11(14(18)19)15-12(16)9-5-3-4-6-10(9)13(15)17;;;;;;;;/h3-6,8,11,14,18-19H,7H2,1-2H3;6*1H3;;/q;6*-1;2*+3/t11-;;;;;;;;/m1......../s1. The van der Waals surface area contributed by atoms with Gasteiger partial charge in [-0.1, -0.05) is 26.0 Å². The molecule has 1 aliphatic rings. The van der Waals surface area contributed by atoms with Crippen molar-refractivity contribution < 1.29 is 58.8 Å². The average Bonchev–Trinajstić information content (AvgIpc) is 2.60. The summed E-state index contributed by atoms with van der Waals surface area (Å²) in [5, 5.41) is 18.9. The Morgan fingerprint density at radius 2 is 1.15 bits per heavy atom. The number of aliphatic hydroxyl groups is 2. The zero-order valence-electron chi connectivity index (χ0n) is 17.6. The van der Waals surface area contributed by atoms with E-state index in [9.17, 15) is 19.8 Å². The first-order valence-electron chi connectivity index (χ1n) is 6.26. The van der Waals surface area contributed by atoms with Gasteiger partial charge in [-0.2, -0.15) is 0 Å². The van der Waals surface area contributed by atoms with Gasteiger partial charge in [-0.05, 0) is 24.5 Å². The number of amides is 2. The van der Waals surface area contributed by atoms with Gasteiger partial charge < -0.3 is 54.8 Å². The van der Waals surface area contributed by atoms with E-state index in [4.69, 9.17) is 0 Å². The van der Waals surface area contributed by atoms with Crippen LogP contribution in [0.1, 0.15) is 41.0 Å². The predicted molar refractivity (Wildman–Crippen MR) is 107 cm³/mol. The van der Waals surface area contributed by atoms with Crippen LogP contribution in [-0.4, -0.2) is 39.3 Å². The molecule has 1 aromatic carbocycles. The molecule has 27 heavy (non-hydrogen) atoms. The number of imide groups is 1. The van der Waals surface area contributed by atoms with Crippen LogP contribution in [0.2, 0.25) is 0 Å². The van der Waals surface area contributed by atoms with E-state index in [1.165, 1.54) is 0 Å². The van der Waals surface area contributed by atoms with E-state index in [2.05, 4.69) is 0 Å². The van der Waals surface area contributed by atoms with E-state index in [1.54, 1.807) is 24.3 Å². The fourth-order valence-corrected chi connectivity index (χ4v) is 2.35. The summed E-state index contributed by atoms with van der Waals surface area (Å²) in [6.07, 6.45) is -1.38. The van der Waals surface area contributed by atoms with Crippen LogP contribution in [0.25, 0.3) is 0 Å². The molecule has 2 rings (SSSR count). The summed E-state index contributed by atoms with van der Waals surface area (Å²) in [6.45, 7) is 3.79. The molecule has 0 aliphatic carbocycles. The molecule has 1 aromatic rings. The molecule has 2 N–H and O–H groups in total. The summed E-state index contributed by atoms with van der Waals surface area (Å²) < 4.78 is 0.